The van der Waals surface area contributed by atoms with Gasteiger partial charge in [0.15, 0.2) is 0 Å². The minimum atomic E-state index is -0.651. The van der Waals surface area contributed by atoms with Crippen LogP contribution in [0.1, 0.15) is 22.3 Å². The van der Waals surface area contributed by atoms with Crippen molar-refractivity contribution in [2.24, 2.45) is 5.73 Å². The predicted molar refractivity (Wildman–Crippen MR) is 96.5 cm³/mol. The first-order chi connectivity index (χ1) is 11.9. The molecule has 0 radical (unpaired) electrons. The molecule has 0 aliphatic carbocycles. The molecule has 0 saturated carbocycles. The number of amides is 2. The Hall–Kier alpha value is -2.73. The minimum Gasteiger partial charge on any atom is -0.497 e. The van der Waals surface area contributed by atoms with Crippen molar-refractivity contribution in [3.8, 4) is 11.5 Å². The van der Waals surface area contributed by atoms with Crippen LogP contribution in [0.5, 0.6) is 11.5 Å². The second-order valence-electron chi connectivity index (χ2n) is 5.28. The lowest BCUT2D eigenvalue weighted by atomic mass is 10.1. The summed E-state index contributed by atoms with van der Waals surface area (Å²) in [7, 11) is 3.15. The fourth-order valence-electron chi connectivity index (χ4n) is 2.34. The van der Waals surface area contributed by atoms with Crippen LogP contribution in [-0.4, -0.2) is 26.0 Å². The largest absolute Gasteiger partial charge is 0.497 e. The molecule has 2 aromatic rings. The summed E-state index contributed by atoms with van der Waals surface area (Å²) in [6.45, 7) is 0. The fraction of sp³-hybridized carbons (Fsp3) is 0.222. The zero-order chi connectivity index (χ0) is 18.4. The molecule has 0 spiro atoms. The van der Waals surface area contributed by atoms with Crippen molar-refractivity contribution in [2.75, 3.05) is 19.5 Å². The standard InChI is InChI=1S/C18H19ClN2O4/c1-24-13-5-7-16(25-2)11(9-13)3-8-17(22)21-12-4-6-15(19)14(10-12)18(20)23/h4-7,9-10H,3,8H2,1-2H3,(H2,20,23)(H,21,22). The fourth-order valence-corrected chi connectivity index (χ4v) is 2.55. The third-order valence-corrected chi connectivity index (χ3v) is 3.95. The molecule has 0 bridgehead atoms. The Bertz CT molecular complexity index is 793. The number of methoxy groups -OCH3 is 2. The molecular weight excluding hydrogens is 344 g/mol. The molecule has 0 fully saturated rings. The number of halogens is 1. The highest BCUT2D eigenvalue weighted by molar-refractivity contribution is 6.33. The Morgan fingerprint density at radius 1 is 1.12 bits per heavy atom. The molecule has 2 rings (SSSR count). The van der Waals surface area contributed by atoms with Crippen LogP contribution in [0.15, 0.2) is 36.4 Å². The number of carbonyl (C=O) groups excluding carboxylic acids is 2. The number of nitrogens with one attached hydrogen (secondary N) is 1. The Kier molecular flexibility index (Phi) is 6.25. The van der Waals surface area contributed by atoms with Gasteiger partial charge in [0.05, 0.1) is 24.8 Å². The first-order valence-corrected chi connectivity index (χ1v) is 7.92. The van der Waals surface area contributed by atoms with Gasteiger partial charge in [-0.2, -0.15) is 0 Å². The summed E-state index contributed by atoms with van der Waals surface area (Å²) in [6, 6.07) is 10.0. The van der Waals surface area contributed by atoms with E-state index in [2.05, 4.69) is 5.32 Å². The number of rotatable bonds is 7. The summed E-state index contributed by atoms with van der Waals surface area (Å²) in [5.74, 6) is 0.529. The Labute approximate surface area is 150 Å². The number of benzene rings is 2. The summed E-state index contributed by atoms with van der Waals surface area (Å²) in [5.41, 5.74) is 6.73. The normalized spacial score (nSPS) is 10.2. The quantitative estimate of drug-likeness (QED) is 0.792. The van der Waals surface area contributed by atoms with Gasteiger partial charge >= 0.3 is 0 Å². The van der Waals surface area contributed by atoms with Crippen LogP contribution >= 0.6 is 11.6 Å². The molecule has 0 atom stereocenters. The van der Waals surface area contributed by atoms with E-state index in [4.69, 9.17) is 26.8 Å². The highest BCUT2D eigenvalue weighted by Gasteiger charge is 2.11. The first kappa shape index (κ1) is 18.6. The zero-order valence-corrected chi connectivity index (χ0v) is 14.7. The Balaban J connectivity index is 2.04. The van der Waals surface area contributed by atoms with Gasteiger partial charge < -0.3 is 20.5 Å². The van der Waals surface area contributed by atoms with Gasteiger partial charge in [-0.15, -0.1) is 0 Å². The topological polar surface area (TPSA) is 90.7 Å². The summed E-state index contributed by atoms with van der Waals surface area (Å²) < 4.78 is 10.5. The lowest BCUT2D eigenvalue weighted by Gasteiger charge is -2.11. The van der Waals surface area contributed by atoms with Crippen molar-refractivity contribution >= 4 is 29.1 Å². The molecule has 6 nitrogen and oxygen atoms in total. The molecule has 0 heterocycles. The molecule has 0 aromatic heterocycles. The Morgan fingerprint density at radius 2 is 1.88 bits per heavy atom. The third kappa shape index (κ3) is 4.87. The second-order valence-corrected chi connectivity index (χ2v) is 5.69. The van der Waals surface area contributed by atoms with Crippen LogP contribution in [0.25, 0.3) is 0 Å². The van der Waals surface area contributed by atoms with Crippen LogP contribution in [0, 0.1) is 0 Å². The van der Waals surface area contributed by atoms with E-state index >= 15 is 0 Å². The van der Waals surface area contributed by atoms with Crippen molar-refractivity contribution in [3.63, 3.8) is 0 Å². The van der Waals surface area contributed by atoms with Gasteiger partial charge in [-0.3, -0.25) is 9.59 Å². The van der Waals surface area contributed by atoms with E-state index in [1.807, 2.05) is 6.07 Å². The number of carbonyl (C=O) groups is 2. The van der Waals surface area contributed by atoms with Gasteiger partial charge in [-0.25, -0.2) is 0 Å². The van der Waals surface area contributed by atoms with E-state index in [1.54, 1.807) is 32.4 Å². The van der Waals surface area contributed by atoms with Crippen molar-refractivity contribution in [2.45, 2.75) is 12.8 Å². The summed E-state index contributed by atoms with van der Waals surface area (Å²) in [6.07, 6.45) is 0.709. The number of anilines is 1. The van der Waals surface area contributed by atoms with Gasteiger partial charge in [0.25, 0.3) is 0 Å². The van der Waals surface area contributed by atoms with Crippen LogP contribution < -0.4 is 20.5 Å². The number of hydrogen-bond acceptors (Lipinski definition) is 4. The molecule has 0 aliphatic rings. The van der Waals surface area contributed by atoms with Gasteiger partial charge in [0, 0.05) is 12.1 Å². The van der Waals surface area contributed by atoms with Gasteiger partial charge in [0.1, 0.15) is 11.5 Å². The predicted octanol–water partition coefficient (Wildman–Crippen LogP) is 3.03. The number of hydrogen-bond donors (Lipinski definition) is 2. The van der Waals surface area contributed by atoms with E-state index < -0.39 is 5.91 Å². The van der Waals surface area contributed by atoms with Crippen molar-refractivity contribution < 1.29 is 19.1 Å². The SMILES string of the molecule is COc1ccc(OC)c(CCC(=O)Nc2ccc(Cl)c(C(N)=O)c2)c1. The lowest BCUT2D eigenvalue weighted by molar-refractivity contribution is -0.116. The summed E-state index contributed by atoms with van der Waals surface area (Å²) >= 11 is 5.89. The maximum Gasteiger partial charge on any atom is 0.250 e. The maximum absolute atomic E-state index is 12.2. The third-order valence-electron chi connectivity index (χ3n) is 3.62. The summed E-state index contributed by atoms with van der Waals surface area (Å²) in [5, 5.41) is 2.97. The molecule has 3 N–H and O–H groups in total. The van der Waals surface area contributed by atoms with E-state index in [1.165, 1.54) is 12.1 Å². The van der Waals surface area contributed by atoms with Crippen LogP contribution in [0.4, 0.5) is 5.69 Å². The molecule has 2 aromatic carbocycles. The average molecular weight is 363 g/mol. The zero-order valence-electron chi connectivity index (χ0n) is 14.0. The van der Waals surface area contributed by atoms with Crippen LogP contribution in [0.3, 0.4) is 0 Å². The van der Waals surface area contributed by atoms with Gasteiger partial charge in [-0.1, -0.05) is 11.6 Å². The highest BCUT2D eigenvalue weighted by atomic mass is 35.5. The molecule has 0 aliphatic heterocycles. The number of ether oxygens (including phenoxy) is 2. The average Bonchev–Trinajstić information content (AvgIpc) is 2.61. The monoisotopic (exact) mass is 362 g/mol. The van der Waals surface area contributed by atoms with E-state index in [-0.39, 0.29) is 22.9 Å². The van der Waals surface area contributed by atoms with E-state index in [9.17, 15) is 9.59 Å². The maximum atomic E-state index is 12.2. The van der Waals surface area contributed by atoms with Crippen molar-refractivity contribution in [1.82, 2.24) is 0 Å². The Morgan fingerprint density at radius 3 is 2.52 bits per heavy atom. The van der Waals surface area contributed by atoms with E-state index in [0.29, 0.717) is 23.6 Å². The molecule has 2 amide bonds. The first-order valence-electron chi connectivity index (χ1n) is 7.54. The minimum absolute atomic E-state index is 0.161. The molecule has 0 unspecified atom stereocenters. The van der Waals surface area contributed by atoms with Crippen molar-refractivity contribution in [3.05, 3.63) is 52.5 Å². The second kappa shape index (κ2) is 8.39. The number of primary amides is 1. The van der Waals surface area contributed by atoms with Gasteiger partial charge in [0.2, 0.25) is 11.8 Å². The number of aryl methyl sites for hydroxylation is 1. The van der Waals surface area contributed by atoms with Crippen LogP contribution in [0.2, 0.25) is 5.02 Å². The molecule has 7 heteroatoms. The van der Waals surface area contributed by atoms with E-state index in [0.717, 1.165) is 5.56 Å². The molecule has 132 valence electrons. The highest BCUT2D eigenvalue weighted by Crippen LogP contribution is 2.25. The van der Waals surface area contributed by atoms with Gasteiger partial charge in [-0.05, 0) is 48.4 Å². The van der Waals surface area contributed by atoms with Crippen LogP contribution in [-0.2, 0) is 11.2 Å². The van der Waals surface area contributed by atoms with Crippen molar-refractivity contribution in [1.29, 1.82) is 0 Å². The lowest BCUT2D eigenvalue weighted by Crippen LogP contribution is -2.15. The smallest absolute Gasteiger partial charge is 0.250 e. The number of nitrogens with two attached hydrogens (primary N) is 1. The molecule has 25 heavy (non-hydrogen) atoms. The molecule has 0 saturated heterocycles. The summed E-state index contributed by atoms with van der Waals surface area (Å²) in [4.78, 5) is 23.5. The molecular formula is C18H19ClN2O4.